The Morgan fingerprint density at radius 3 is 2.69 bits per heavy atom. The highest BCUT2D eigenvalue weighted by Crippen LogP contribution is 2.19. The first-order valence-corrected chi connectivity index (χ1v) is 6.62. The minimum absolute atomic E-state index is 0.674. The third-order valence-electron chi connectivity index (χ3n) is 3.46. The van der Waals surface area contributed by atoms with Crippen LogP contribution < -0.4 is 0 Å². The SMILES string of the molecule is CCCCCN(C)C1=NCC(CC)C(C)=C1. The van der Waals surface area contributed by atoms with Gasteiger partial charge in [0.05, 0.1) is 0 Å². The van der Waals surface area contributed by atoms with Crippen LogP contribution in [0.15, 0.2) is 16.6 Å². The van der Waals surface area contributed by atoms with Crippen LogP contribution in [0.4, 0.5) is 0 Å². The molecule has 0 N–H and O–H groups in total. The predicted molar refractivity (Wildman–Crippen MR) is 72.0 cm³/mol. The van der Waals surface area contributed by atoms with E-state index in [1.807, 2.05) is 0 Å². The van der Waals surface area contributed by atoms with Gasteiger partial charge >= 0.3 is 0 Å². The number of aliphatic imine (C=N–C) groups is 1. The molecule has 1 heterocycles. The van der Waals surface area contributed by atoms with Crippen LogP contribution in [0.25, 0.3) is 0 Å². The van der Waals surface area contributed by atoms with Gasteiger partial charge in [-0.05, 0) is 31.8 Å². The Morgan fingerprint density at radius 1 is 1.38 bits per heavy atom. The molecule has 0 bridgehead atoms. The van der Waals surface area contributed by atoms with E-state index in [1.54, 1.807) is 0 Å². The number of nitrogens with zero attached hydrogens (tertiary/aromatic N) is 2. The summed E-state index contributed by atoms with van der Waals surface area (Å²) in [6.07, 6.45) is 7.35. The zero-order valence-electron chi connectivity index (χ0n) is 11.3. The topological polar surface area (TPSA) is 15.6 Å². The first-order chi connectivity index (χ1) is 7.69. The predicted octanol–water partition coefficient (Wildman–Crippen LogP) is 3.49. The van der Waals surface area contributed by atoms with Crippen molar-refractivity contribution in [2.24, 2.45) is 10.9 Å². The molecule has 0 saturated heterocycles. The molecule has 0 spiro atoms. The molecule has 1 aliphatic heterocycles. The van der Waals surface area contributed by atoms with Crippen LogP contribution in [0, 0.1) is 5.92 Å². The van der Waals surface area contributed by atoms with E-state index in [-0.39, 0.29) is 0 Å². The van der Waals surface area contributed by atoms with E-state index in [9.17, 15) is 0 Å². The minimum Gasteiger partial charge on any atom is -0.360 e. The van der Waals surface area contributed by atoms with Crippen molar-refractivity contribution in [3.05, 3.63) is 11.6 Å². The molecule has 0 aliphatic carbocycles. The summed E-state index contributed by atoms with van der Waals surface area (Å²) in [5.74, 6) is 1.85. The smallest absolute Gasteiger partial charge is 0.123 e. The Balaban J connectivity index is 2.46. The monoisotopic (exact) mass is 222 g/mol. The molecule has 16 heavy (non-hydrogen) atoms. The van der Waals surface area contributed by atoms with E-state index < -0.39 is 0 Å². The highest BCUT2D eigenvalue weighted by Gasteiger charge is 2.15. The third kappa shape index (κ3) is 3.66. The number of amidine groups is 1. The second kappa shape index (κ2) is 6.72. The number of rotatable bonds is 5. The molecule has 1 rings (SSSR count). The standard InChI is InChI=1S/C14H26N2/c1-5-7-8-9-16(4)14-10-12(3)13(6-2)11-15-14/h10,13H,5-9,11H2,1-4H3. The Hall–Kier alpha value is -0.790. The van der Waals surface area contributed by atoms with E-state index in [1.165, 1.54) is 37.1 Å². The lowest BCUT2D eigenvalue weighted by atomic mass is 9.95. The van der Waals surface area contributed by atoms with Crippen molar-refractivity contribution in [2.45, 2.75) is 46.5 Å². The molecule has 92 valence electrons. The number of dihydropyridines is 1. The van der Waals surface area contributed by atoms with Gasteiger partial charge < -0.3 is 4.90 Å². The summed E-state index contributed by atoms with van der Waals surface area (Å²) < 4.78 is 0. The Labute approximate surface area is 100 Å². The summed E-state index contributed by atoms with van der Waals surface area (Å²) in [5, 5.41) is 0. The number of hydrogen-bond donors (Lipinski definition) is 0. The molecule has 0 aromatic rings. The van der Waals surface area contributed by atoms with Gasteiger partial charge in [0, 0.05) is 20.1 Å². The fourth-order valence-corrected chi connectivity index (χ4v) is 2.11. The van der Waals surface area contributed by atoms with Crippen LogP contribution in [-0.4, -0.2) is 30.9 Å². The van der Waals surface area contributed by atoms with Crippen molar-refractivity contribution in [1.82, 2.24) is 4.90 Å². The minimum atomic E-state index is 0.674. The first-order valence-electron chi connectivity index (χ1n) is 6.62. The normalized spacial score (nSPS) is 20.4. The Morgan fingerprint density at radius 2 is 2.12 bits per heavy atom. The van der Waals surface area contributed by atoms with Gasteiger partial charge in [-0.1, -0.05) is 32.3 Å². The van der Waals surface area contributed by atoms with E-state index in [0.29, 0.717) is 5.92 Å². The third-order valence-corrected chi connectivity index (χ3v) is 3.46. The number of hydrogen-bond acceptors (Lipinski definition) is 2. The molecular weight excluding hydrogens is 196 g/mol. The molecule has 2 heteroatoms. The summed E-state index contributed by atoms with van der Waals surface area (Å²) >= 11 is 0. The first kappa shape index (κ1) is 13.3. The van der Waals surface area contributed by atoms with E-state index in [0.717, 1.165) is 13.1 Å². The van der Waals surface area contributed by atoms with Gasteiger partial charge in [0.2, 0.25) is 0 Å². The largest absolute Gasteiger partial charge is 0.360 e. The van der Waals surface area contributed by atoms with Gasteiger partial charge in [-0.3, -0.25) is 4.99 Å². The highest BCUT2D eigenvalue weighted by atomic mass is 15.2. The van der Waals surface area contributed by atoms with Crippen LogP contribution in [0.1, 0.15) is 46.5 Å². The molecule has 0 aromatic carbocycles. The van der Waals surface area contributed by atoms with Gasteiger partial charge in [0.1, 0.15) is 5.84 Å². The van der Waals surface area contributed by atoms with Crippen LogP contribution >= 0.6 is 0 Å². The van der Waals surface area contributed by atoms with Crippen LogP contribution in [0.2, 0.25) is 0 Å². The fourth-order valence-electron chi connectivity index (χ4n) is 2.11. The molecule has 0 fully saturated rings. The summed E-state index contributed by atoms with van der Waals surface area (Å²) in [6.45, 7) is 8.84. The molecule has 2 nitrogen and oxygen atoms in total. The van der Waals surface area contributed by atoms with Crippen LogP contribution in [-0.2, 0) is 0 Å². The molecule has 0 aromatic heterocycles. The number of likely N-dealkylation sites (N-methyl/N-ethyl adjacent to an activating group) is 1. The van der Waals surface area contributed by atoms with Gasteiger partial charge in [-0.15, -0.1) is 0 Å². The van der Waals surface area contributed by atoms with Crippen molar-refractivity contribution in [1.29, 1.82) is 0 Å². The van der Waals surface area contributed by atoms with Gasteiger partial charge in [-0.25, -0.2) is 0 Å². The summed E-state index contributed by atoms with van der Waals surface area (Å²) in [6, 6.07) is 0. The van der Waals surface area contributed by atoms with Crippen molar-refractivity contribution >= 4 is 5.84 Å². The van der Waals surface area contributed by atoms with Crippen molar-refractivity contribution in [2.75, 3.05) is 20.1 Å². The second-order valence-corrected chi connectivity index (χ2v) is 4.82. The van der Waals surface area contributed by atoms with Gasteiger partial charge in [-0.2, -0.15) is 0 Å². The quantitative estimate of drug-likeness (QED) is 0.650. The average molecular weight is 222 g/mol. The molecule has 1 aliphatic rings. The highest BCUT2D eigenvalue weighted by molar-refractivity contribution is 5.94. The van der Waals surface area contributed by atoms with E-state index >= 15 is 0 Å². The zero-order valence-corrected chi connectivity index (χ0v) is 11.3. The maximum Gasteiger partial charge on any atom is 0.123 e. The molecule has 1 atom stereocenters. The zero-order chi connectivity index (χ0) is 12.0. The average Bonchev–Trinajstić information content (AvgIpc) is 2.29. The van der Waals surface area contributed by atoms with E-state index in [4.69, 9.17) is 0 Å². The van der Waals surface area contributed by atoms with E-state index in [2.05, 4.69) is 43.8 Å². The number of unbranched alkanes of at least 4 members (excludes halogenated alkanes) is 2. The molecular formula is C14H26N2. The molecule has 1 unspecified atom stereocenters. The lowest BCUT2D eigenvalue weighted by Crippen LogP contribution is -2.30. The second-order valence-electron chi connectivity index (χ2n) is 4.82. The Kier molecular flexibility index (Phi) is 5.58. The summed E-state index contributed by atoms with van der Waals surface area (Å²) in [5.41, 5.74) is 1.50. The molecule has 0 saturated carbocycles. The van der Waals surface area contributed by atoms with Gasteiger partial charge in [0.15, 0.2) is 0 Å². The van der Waals surface area contributed by atoms with Crippen LogP contribution in [0.3, 0.4) is 0 Å². The molecule has 0 amide bonds. The molecule has 0 radical (unpaired) electrons. The maximum atomic E-state index is 4.68. The lowest BCUT2D eigenvalue weighted by Gasteiger charge is -2.25. The maximum absolute atomic E-state index is 4.68. The fraction of sp³-hybridized carbons (Fsp3) is 0.786. The Bertz CT molecular complexity index is 266. The van der Waals surface area contributed by atoms with Crippen LogP contribution in [0.5, 0.6) is 0 Å². The van der Waals surface area contributed by atoms with Crippen molar-refractivity contribution < 1.29 is 0 Å². The van der Waals surface area contributed by atoms with Gasteiger partial charge in [0.25, 0.3) is 0 Å². The summed E-state index contributed by atoms with van der Waals surface area (Å²) in [4.78, 5) is 6.97. The lowest BCUT2D eigenvalue weighted by molar-refractivity contribution is 0.468. The summed E-state index contributed by atoms with van der Waals surface area (Å²) in [7, 11) is 2.16. The van der Waals surface area contributed by atoms with Crippen molar-refractivity contribution in [3.63, 3.8) is 0 Å². The van der Waals surface area contributed by atoms with Crippen molar-refractivity contribution in [3.8, 4) is 0 Å².